The summed E-state index contributed by atoms with van der Waals surface area (Å²) < 4.78 is 0. The summed E-state index contributed by atoms with van der Waals surface area (Å²) in [5.41, 5.74) is 7.55. The zero-order chi connectivity index (χ0) is 16.9. The Labute approximate surface area is 142 Å². The van der Waals surface area contributed by atoms with Gasteiger partial charge in [0.2, 0.25) is 5.91 Å². The molecule has 0 bridgehead atoms. The fourth-order valence-electron chi connectivity index (χ4n) is 3.67. The lowest BCUT2D eigenvalue weighted by Gasteiger charge is -2.32. The molecule has 1 amide bonds. The Kier molecular flexibility index (Phi) is 5.28. The lowest BCUT2D eigenvalue weighted by Crippen LogP contribution is -2.41. The number of likely N-dealkylation sites (tertiary alicyclic amines) is 1. The first-order valence-electron chi connectivity index (χ1n) is 8.50. The number of rotatable bonds is 6. The third-order valence-corrected chi connectivity index (χ3v) is 4.82. The van der Waals surface area contributed by atoms with Crippen molar-refractivity contribution in [3.63, 3.8) is 0 Å². The van der Waals surface area contributed by atoms with Crippen LogP contribution in [-0.4, -0.2) is 28.5 Å². The Bertz CT molecular complexity index is 660. The fourth-order valence-corrected chi connectivity index (χ4v) is 3.67. The highest BCUT2D eigenvalue weighted by atomic mass is 16.3. The zero-order valence-electron chi connectivity index (χ0n) is 13.7. The van der Waals surface area contributed by atoms with E-state index < -0.39 is 12.1 Å². The minimum atomic E-state index is -0.527. The molecule has 2 aromatic carbocycles. The van der Waals surface area contributed by atoms with Gasteiger partial charge in [0.25, 0.3) is 0 Å². The number of aliphatic hydroxyl groups excluding tert-OH is 1. The molecule has 0 aromatic heterocycles. The van der Waals surface area contributed by atoms with Gasteiger partial charge in [0.15, 0.2) is 0 Å². The van der Waals surface area contributed by atoms with E-state index in [0.29, 0.717) is 6.42 Å². The van der Waals surface area contributed by atoms with Gasteiger partial charge >= 0.3 is 0 Å². The minimum absolute atomic E-state index is 0.151. The Hall–Kier alpha value is -2.17. The first-order valence-corrected chi connectivity index (χ1v) is 8.50. The minimum Gasteiger partial charge on any atom is -0.388 e. The number of aliphatic hydroxyl groups is 1. The number of carbonyl (C=O) groups excluding carboxylic acids is 1. The standard InChI is InChI=1S/C20H24N2O2/c21-20(24)19(16-10-5-2-6-11-16)22-13-7-12-17(22)14-18(23)15-8-3-1-4-9-15/h1-6,8-11,17-19,23H,7,12-14H2,(H2,21,24)/t17-,18-,19+/m1/s1. The highest BCUT2D eigenvalue weighted by molar-refractivity contribution is 5.81. The zero-order valence-corrected chi connectivity index (χ0v) is 13.7. The molecule has 0 saturated carbocycles. The van der Waals surface area contributed by atoms with Crippen LogP contribution in [0.5, 0.6) is 0 Å². The van der Waals surface area contributed by atoms with Crippen LogP contribution in [0.1, 0.15) is 42.5 Å². The second-order valence-electron chi connectivity index (χ2n) is 6.41. The first kappa shape index (κ1) is 16.7. The van der Waals surface area contributed by atoms with Gasteiger partial charge in [-0.2, -0.15) is 0 Å². The van der Waals surface area contributed by atoms with Gasteiger partial charge in [-0.3, -0.25) is 9.69 Å². The normalized spacial score (nSPS) is 20.6. The van der Waals surface area contributed by atoms with Crippen LogP contribution in [0.4, 0.5) is 0 Å². The molecule has 1 saturated heterocycles. The molecular weight excluding hydrogens is 300 g/mol. The topological polar surface area (TPSA) is 66.6 Å². The van der Waals surface area contributed by atoms with E-state index in [2.05, 4.69) is 4.90 Å². The van der Waals surface area contributed by atoms with E-state index in [4.69, 9.17) is 5.73 Å². The molecule has 3 N–H and O–H groups in total. The van der Waals surface area contributed by atoms with Crippen LogP contribution in [0.15, 0.2) is 60.7 Å². The van der Waals surface area contributed by atoms with E-state index in [-0.39, 0.29) is 11.9 Å². The number of benzene rings is 2. The predicted octanol–water partition coefficient (Wildman–Crippen LogP) is 2.80. The van der Waals surface area contributed by atoms with Crippen molar-refractivity contribution in [3.8, 4) is 0 Å². The third kappa shape index (κ3) is 3.66. The third-order valence-electron chi connectivity index (χ3n) is 4.82. The molecule has 1 fully saturated rings. The maximum Gasteiger partial charge on any atom is 0.239 e. The van der Waals surface area contributed by atoms with Gasteiger partial charge in [0, 0.05) is 6.04 Å². The molecule has 1 heterocycles. The average Bonchev–Trinajstić information content (AvgIpc) is 3.04. The highest BCUT2D eigenvalue weighted by Gasteiger charge is 2.35. The summed E-state index contributed by atoms with van der Waals surface area (Å²) in [7, 11) is 0. The molecule has 4 heteroatoms. The van der Waals surface area contributed by atoms with E-state index >= 15 is 0 Å². The van der Waals surface area contributed by atoms with Gasteiger partial charge in [0.1, 0.15) is 6.04 Å². The highest BCUT2D eigenvalue weighted by Crippen LogP contribution is 2.34. The summed E-state index contributed by atoms with van der Waals surface area (Å²) >= 11 is 0. The van der Waals surface area contributed by atoms with Crippen LogP contribution in [-0.2, 0) is 4.79 Å². The molecule has 1 aliphatic heterocycles. The van der Waals surface area contributed by atoms with Crippen molar-refractivity contribution >= 4 is 5.91 Å². The lowest BCUT2D eigenvalue weighted by atomic mass is 9.98. The van der Waals surface area contributed by atoms with Crippen LogP contribution in [0, 0.1) is 0 Å². The number of hydrogen-bond donors (Lipinski definition) is 2. The lowest BCUT2D eigenvalue weighted by molar-refractivity contribution is -0.124. The molecule has 24 heavy (non-hydrogen) atoms. The molecular formula is C20H24N2O2. The predicted molar refractivity (Wildman–Crippen MR) is 94.1 cm³/mol. The summed E-state index contributed by atoms with van der Waals surface area (Å²) in [5.74, 6) is -0.331. The van der Waals surface area contributed by atoms with E-state index in [9.17, 15) is 9.90 Å². The summed E-state index contributed by atoms with van der Waals surface area (Å²) in [6.07, 6.45) is 2.07. The maximum absolute atomic E-state index is 12.1. The second kappa shape index (κ2) is 7.60. The van der Waals surface area contributed by atoms with Crippen LogP contribution in [0.3, 0.4) is 0 Å². The summed E-state index contributed by atoms with van der Waals surface area (Å²) in [6.45, 7) is 0.828. The van der Waals surface area contributed by atoms with Crippen LogP contribution in [0.25, 0.3) is 0 Å². The number of carbonyl (C=O) groups is 1. The molecule has 3 rings (SSSR count). The quantitative estimate of drug-likeness (QED) is 0.858. The first-order chi connectivity index (χ1) is 11.7. The van der Waals surface area contributed by atoms with Crippen molar-refractivity contribution in [1.29, 1.82) is 0 Å². The molecule has 4 nitrogen and oxygen atoms in total. The van der Waals surface area contributed by atoms with Crippen LogP contribution < -0.4 is 5.73 Å². The van der Waals surface area contributed by atoms with Crippen molar-refractivity contribution < 1.29 is 9.90 Å². The van der Waals surface area contributed by atoms with Gasteiger partial charge in [-0.15, -0.1) is 0 Å². The molecule has 126 valence electrons. The fraction of sp³-hybridized carbons (Fsp3) is 0.350. The number of nitrogens with zero attached hydrogens (tertiary/aromatic N) is 1. The largest absolute Gasteiger partial charge is 0.388 e. The summed E-state index contributed by atoms with van der Waals surface area (Å²) in [5, 5.41) is 10.5. The van der Waals surface area contributed by atoms with Crippen LogP contribution in [0.2, 0.25) is 0 Å². The van der Waals surface area contributed by atoms with Gasteiger partial charge in [0.05, 0.1) is 6.10 Å². The molecule has 0 spiro atoms. The van der Waals surface area contributed by atoms with Gasteiger partial charge in [-0.05, 0) is 36.9 Å². The number of nitrogens with two attached hydrogens (primary N) is 1. The molecule has 2 aromatic rings. The van der Waals surface area contributed by atoms with E-state index in [1.54, 1.807) is 0 Å². The molecule has 0 aliphatic carbocycles. The maximum atomic E-state index is 12.1. The van der Waals surface area contributed by atoms with Gasteiger partial charge in [-0.25, -0.2) is 0 Å². The van der Waals surface area contributed by atoms with Crippen molar-refractivity contribution in [2.24, 2.45) is 5.73 Å². The van der Waals surface area contributed by atoms with Crippen molar-refractivity contribution in [3.05, 3.63) is 71.8 Å². The summed E-state index contributed by atoms with van der Waals surface area (Å²) in [4.78, 5) is 14.3. The Morgan fingerprint density at radius 2 is 1.67 bits per heavy atom. The SMILES string of the molecule is NC(=O)[C@H](c1ccccc1)N1CCC[C@@H]1C[C@@H](O)c1ccccc1. The molecule has 0 unspecified atom stereocenters. The molecule has 1 aliphatic rings. The monoisotopic (exact) mass is 324 g/mol. The Morgan fingerprint density at radius 3 is 2.25 bits per heavy atom. The Balaban J connectivity index is 1.77. The smallest absolute Gasteiger partial charge is 0.239 e. The average molecular weight is 324 g/mol. The Morgan fingerprint density at radius 1 is 1.08 bits per heavy atom. The molecule has 0 radical (unpaired) electrons. The van der Waals surface area contributed by atoms with Crippen molar-refractivity contribution in [2.45, 2.75) is 37.5 Å². The number of amides is 1. The van der Waals surface area contributed by atoms with Gasteiger partial charge < -0.3 is 10.8 Å². The molecule has 3 atom stereocenters. The number of hydrogen-bond acceptors (Lipinski definition) is 3. The number of primary amides is 1. The second-order valence-corrected chi connectivity index (χ2v) is 6.41. The van der Waals surface area contributed by atoms with Gasteiger partial charge in [-0.1, -0.05) is 60.7 Å². The van der Waals surface area contributed by atoms with E-state index in [1.807, 2.05) is 60.7 Å². The van der Waals surface area contributed by atoms with E-state index in [0.717, 1.165) is 30.5 Å². The van der Waals surface area contributed by atoms with E-state index in [1.165, 1.54) is 0 Å². The van der Waals surface area contributed by atoms with Crippen molar-refractivity contribution in [1.82, 2.24) is 4.90 Å². The van der Waals surface area contributed by atoms with Crippen molar-refractivity contribution in [2.75, 3.05) is 6.54 Å². The van der Waals surface area contributed by atoms with Crippen LogP contribution >= 0.6 is 0 Å². The summed E-state index contributed by atoms with van der Waals surface area (Å²) in [6, 6.07) is 19.1.